The molecule has 0 aliphatic carbocycles. The van der Waals surface area contributed by atoms with E-state index in [9.17, 15) is 19.1 Å². The fourth-order valence-corrected chi connectivity index (χ4v) is 4.08. The van der Waals surface area contributed by atoms with Gasteiger partial charge in [0.25, 0.3) is 11.8 Å². The van der Waals surface area contributed by atoms with Gasteiger partial charge in [-0.25, -0.2) is 4.39 Å². The molecule has 0 aliphatic heterocycles. The number of H-pyrrole nitrogens is 1. The number of rotatable bonds is 7. The van der Waals surface area contributed by atoms with E-state index in [-0.39, 0.29) is 28.9 Å². The van der Waals surface area contributed by atoms with Crippen LogP contribution in [-0.4, -0.2) is 41.6 Å². The van der Waals surface area contributed by atoms with Crippen molar-refractivity contribution in [3.8, 4) is 11.1 Å². The second kappa shape index (κ2) is 10.1. The Morgan fingerprint density at radius 1 is 1.06 bits per heavy atom. The Labute approximate surface area is 200 Å². The van der Waals surface area contributed by atoms with E-state index in [4.69, 9.17) is 11.6 Å². The summed E-state index contributed by atoms with van der Waals surface area (Å²) in [5.41, 5.74) is 3.73. The number of halogens is 2. The van der Waals surface area contributed by atoms with Crippen LogP contribution in [0.2, 0.25) is 5.02 Å². The number of aliphatic hydroxyl groups is 1. The number of aromatic nitrogens is 1. The molecule has 0 unspecified atom stereocenters. The Balaban J connectivity index is 1.55. The van der Waals surface area contributed by atoms with Gasteiger partial charge in [0.2, 0.25) is 0 Å². The predicted molar refractivity (Wildman–Crippen MR) is 131 cm³/mol. The smallest absolute Gasteiger partial charge is 0.253 e. The highest BCUT2D eigenvalue weighted by atomic mass is 35.5. The summed E-state index contributed by atoms with van der Waals surface area (Å²) in [4.78, 5) is 28.0. The number of hydrogen-bond acceptors (Lipinski definition) is 3. The van der Waals surface area contributed by atoms with Crippen molar-refractivity contribution in [2.24, 2.45) is 0 Å². The van der Waals surface area contributed by atoms with Crippen LogP contribution < -0.4 is 10.6 Å². The Bertz CT molecular complexity index is 1370. The molecule has 0 radical (unpaired) electrons. The van der Waals surface area contributed by atoms with Crippen LogP contribution in [0.15, 0.2) is 66.9 Å². The molecule has 6 nitrogen and oxygen atoms in total. The molecule has 34 heavy (non-hydrogen) atoms. The summed E-state index contributed by atoms with van der Waals surface area (Å²) in [7, 11) is 1.56. The molecule has 0 aliphatic rings. The fraction of sp³-hybridized carbons (Fsp3) is 0.154. The summed E-state index contributed by atoms with van der Waals surface area (Å²) in [5.74, 6) is -0.984. The van der Waals surface area contributed by atoms with Crippen molar-refractivity contribution in [3.05, 3.63) is 94.4 Å². The zero-order valence-electron chi connectivity index (χ0n) is 18.4. The van der Waals surface area contributed by atoms with Crippen LogP contribution >= 0.6 is 11.6 Å². The monoisotopic (exact) mass is 479 g/mol. The zero-order valence-corrected chi connectivity index (χ0v) is 19.1. The normalized spacial score (nSPS) is 11.9. The molecule has 0 bridgehead atoms. The molecular formula is C26H23ClFN3O3. The molecule has 0 fully saturated rings. The Morgan fingerprint density at radius 2 is 1.85 bits per heavy atom. The molecule has 3 aromatic carbocycles. The van der Waals surface area contributed by atoms with Gasteiger partial charge in [0.1, 0.15) is 5.82 Å². The minimum Gasteiger partial charge on any atom is -0.394 e. The fourth-order valence-electron chi connectivity index (χ4n) is 3.88. The molecule has 4 N–H and O–H groups in total. The quantitative estimate of drug-likeness (QED) is 0.318. The van der Waals surface area contributed by atoms with Gasteiger partial charge < -0.3 is 20.7 Å². The van der Waals surface area contributed by atoms with Crippen molar-refractivity contribution in [1.29, 1.82) is 0 Å². The topological polar surface area (TPSA) is 94.2 Å². The maximum atomic E-state index is 13.5. The lowest BCUT2D eigenvalue weighted by atomic mass is 10.00. The van der Waals surface area contributed by atoms with Crippen molar-refractivity contribution < 1.29 is 19.1 Å². The molecule has 2 amide bonds. The lowest BCUT2D eigenvalue weighted by molar-refractivity contribution is 0.0915. The number of benzene rings is 3. The molecule has 1 aromatic heterocycles. The average Bonchev–Trinajstić information content (AvgIpc) is 3.24. The van der Waals surface area contributed by atoms with Crippen LogP contribution in [0.4, 0.5) is 4.39 Å². The number of carbonyl (C=O) groups excluding carboxylic acids is 2. The predicted octanol–water partition coefficient (Wildman–Crippen LogP) is 4.32. The second-order valence-corrected chi connectivity index (χ2v) is 8.32. The maximum absolute atomic E-state index is 13.5. The van der Waals surface area contributed by atoms with E-state index in [1.54, 1.807) is 55.7 Å². The summed E-state index contributed by atoms with van der Waals surface area (Å²) in [6.07, 6.45) is 2.09. The van der Waals surface area contributed by atoms with E-state index in [0.29, 0.717) is 17.5 Å². The summed E-state index contributed by atoms with van der Waals surface area (Å²) < 4.78 is 13.5. The van der Waals surface area contributed by atoms with Crippen LogP contribution in [0.1, 0.15) is 26.3 Å². The summed E-state index contributed by atoms with van der Waals surface area (Å²) in [6, 6.07) is 16.0. The number of hydrogen-bond donors (Lipinski definition) is 4. The molecule has 8 heteroatoms. The van der Waals surface area contributed by atoms with E-state index in [1.165, 1.54) is 12.1 Å². The van der Waals surface area contributed by atoms with E-state index in [1.807, 2.05) is 6.07 Å². The van der Waals surface area contributed by atoms with Crippen LogP contribution in [0.3, 0.4) is 0 Å². The van der Waals surface area contributed by atoms with Crippen molar-refractivity contribution in [1.82, 2.24) is 15.6 Å². The van der Waals surface area contributed by atoms with Crippen LogP contribution in [0.25, 0.3) is 22.0 Å². The van der Waals surface area contributed by atoms with Gasteiger partial charge in [-0.05, 0) is 65.6 Å². The molecule has 0 spiro atoms. The molecule has 0 saturated carbocycles. The lowest BCUT2D eigenvalue weighted by Gasteiger charge is -2.17. The van der Waals surface area contributed by atoms with Crippen molar-refractivity contribution in [2.45, 2.75) is 12.5 Å². The number of aliphatic hydroxyl groups excluding tert-OH is 1. The third-order valence-corrected chi connectivity index (χ3v) is 5.98. The third kappa shape index (κ3) is 4.95. The third-order valence-electron chi connectivity index (χ3n) is 5.65. The minimum atomic E-state index is -0.576. The first-order chi connectivity index (χ1) is 16.4. The standard InChI is InChI=1S/C26H23ClFN3O3/c1-29-25(33)17-4-2-3-15(9-17)16-5-8-23(27)22(11-16)26(34)31-20(14-32)10-18-13-30-24-12-19(28)6-7-21(18)24/h2-9,11-13,20,30,32H,10,14H2,1H3,(H,29,33)(H,31,34)/t20-/m1/s1. The highest BCUT2D eigenvalue weighted by molar-refractivity contribution is 6.34. The molecule has 174 valence electrons. The number of nitrogens with one attached hydrogen (secondary N) is 3. The molecule has 1 heterocycles. The van der Waals surface area contributed by atoms with Crippen LogP contribution in [0, 0.1) is 5.82 Å². The minimum absolute atomic E-state index is 0.209. The highest BCUT2D eigenvalue weighted by Gasteiger charge is 2.19. The summed E-state index contributed by atoms with van der Waals surface area (Å²) in [5, 5.41) is 16.4. The van der Waals surface area contributed by atoms with Gasteiger partial charge in [-0.2, -0.15) is 0 Å². The number of fused-ring (bicyclic) bond motifs is 1. The van der Waals surface area contributed by atoms with Gasteiger partial charge in [-0.3, -0.25) is 9.59 Å². The summed E-state index contributed by atoms with van der Waals surface area (Å²) >= 11 is 6.32. The van der Waals surface area contributed by atoms with Gasteiger partial charge in [-0.1, -0.05) is 29.8 Å². The first-order valence-electron chi connectivity index (χ1n) is 10.7. The van der Waals surface area contributed by atoms with E-state index in [2.05, 4.69) is 15.6 Å². The Morgan fingerprint density at radius 3 is 2.62 bits per heavy atom. The van der Waals surface area contributed by atoms with Gasteiger partial charge in [0.05, 0.1) is 23.2 Å². The number of carbonyl (C=O) groups is 2. The Kier molecular flexibility index (Phi) is 6.95. The number of amides is 2. The number of aromatic amines is 1. The van der Waals surface area contributed by atoms with Gasteiger partial charge in [-0.15, -0.1) is 0 Å². The Hall–Kier alpha value is -3.68. The van der Waals surface area contributed by atoms with Gasteiger partial charge in [0.15, 0.2) is 0 Å². The molecule has 1 atom stereocenters. The van der Waals surface area contributed by atoms with E-state index < -0.39 is 11.9 Å². The molecular weight excluding hydrogens is 457 g/mol. The van der Waals surface area contributed by atoms with Crippen molar-refractivity contribution in [3.63, 3.8) is 0 Å². The lowest BCUT2D eigenvalue weighted by Crippen LogP contribution is -2.39. The van der Waals surface area contributed by atoms with Gasteiger partial charge in [0, 0.05) is 29.7 Å². The largest absolute Gasteiger partial charge is 0.394 e. The average molecular weight is 480 g/mol. The second-order valence-electron chi connectivity index (χ2n) is 7.92. The van der Waals surface area contributed by atoms with Crippen molar-refractivity contribution >= 4 is 34.3 Å². The van der Waals surface area contributed by atoms with Crippen LogP contribution in [0.5, 0.6) is 0 Å². The molecule has 0 saturated heterocycles. The maximum Gasteiger partial charge on any atom is 0.253 e. The van der Waals surface area contributed by atoms with Crippen molar-refractivity contribution in [2.75, 3.05) is 13.7 Å². The first-order valence-corrected chi connectivity index (χ1v) is 11.1. The molecule has 4 rings (SSSR count). The van der Waals surface area contributed by atoms with Crippen LogP contribution in [-0.2, 0) is 6.42 Å². The highest BCUT2D eigenvalue weighted by Crippen LogP contribution is 2.27. The van der Waals surface area contributed by atoms with E-state index in [0.717, 1.165) is 22.1 Å². The summed E-state index contributed by atoms with van der Waals surface area (Å²) in [6.45, 7) is -0.287. The van der Waals surface area contributed by atoms with E-state index >= 15 is 0 Å². The molecule has 4 aromatic rings. The zero-order chi connectivity index (χ0) is 24.2. The SMILES string of the molecule is CNC(=O)c1cccc(-c2ccc(Cl)c(C(=O)N[C@@H](CO)Cc3c[nH]c4cc(F)ccc34)c2)c1. The van der Waals surface area contributed by atoms with Gasteiger partial charge >= 0.3 is 0 Å². The first kappa shape index (κ1) is 23.5.